The molecule has 5 atom stereocenters. The minimum Gasteiger partial charge on any atom is -0.491 e. The smallest absolute Gasteiger partial charge is 0.416 e. The molecule has 1 saturated carbocycles. The van der Waals surface area contributed by atoms with Crippen molar-refractivity contribution in [2.75, 3.05) is 6.61 Å². The first kappa shape index (κ1) is 18.8. The van der Waals surface area contributed by atoms with Crippen LogP contribution < -0.4 is 4.74 Å². The number of alkyl halides is 3. The molecule has 1 fully saturated rings. The molecule has 1 aromatic rings. The van der Waals surface area contributed by atoms with Gasteiger partial charge in [0.05, 0.1) is 17.8 Å². The fourth-order valence-corrected chi connectivity index (χ4v) is 2.71. The largest absolute Gasteiger partial charge is 0.491 e. The van der Waals surface area contributed by atoms with Gasteiger partial charge < -0.3 is 20.1 Å². The van der Waals surface area contributed by atoms with Crippen molar-refractivity contribution in [3.8, 4) is 5.75 Å². The van der Waals surface area contributed by atoms with Crippen LogP contribution in [0.15, 0.2) is 36.4 Å². The molecule has 0 heterocycles. The van der Waals surface area contributed by atoms with Crippen molar-refractivity contribution in [2.24, 2.45) is 11.8 Å². The Hall–Kier alpha value is -1.57. The highest BCUT2D eigenvalue weighted by Gasteiger charge is 2.37. The number of hydrogen-bond acceptors (Lipinski definition) is 4. The van der Waals surface area contributed by atoms with Crippen molar-refractivity contribution in [3.63, 3.8) is 0 Å². The van der Waals surface area contributed by atoms with Gasteiger partial charge in [-0.25, -0.2) is 0 Å². The van der Waals surface area contributed by atoms with Crippen LogP contribution in [-0.2, 0) is 6.18 Å². The van der Waals surface area contributed by atoms with Gasteiger partial charge in [-0.15, -0.1) is 0 Å². The number of rotatable bonds is 5. The second-order valence-corrected chi connectivity index (χ2v) is 6.11. The minimum atomic E-state index is -4.45. The van der Waals surface area contributed by atoms with E-state index in [0.29, 0.717) is 6.42 Å². The lowest BCUT2D eigenvalue weighted by molar-refractivity contribution is -0.137. The summed E-state index contributed by atoms with van der Waals surface area (Å²) in [7, 11) is 0. The van der Waals surface area contributed by atoms with Crippen LogP contribution in [0, 0.1) is 11.8 Å². The fraction of sp³-hybridized carbons (Fsp3) is 0.529. The summed E-state index contributed by atoms with van der Waals surface area (Å²) in [6.07, 6.45) is -3.32. The summed E-state index contributed by atoms with van der Waals surface area (Å²) >= 11 is 0. The van der Waals surface area contributed by atoms with E-state index in [1.165, 1.54) is 18.2 Å². The number of aliphatic hydroxyl groups excluding tert-OH is 3. The SMILES string of the molecule is CC1[C@H](O)C[C@@H](/C=C/[C@@H](O)COc2cccc(C(F)(F)F)c2)[C@@H]1O. The van der Waals surface area contributed by atoms with Crippen molar-refractivity contribution in [2.45, 2.75) is 37.8 Å². The molecule has 0 radical (unpaired) electrons. The molecule has 0 bridgehead atoms. The summed E-state index contributed by atoms with van der Waals surface area (Å²) < 4.78 is 43.0. The molecule has 1 aliphatic carbocycles. The maximum Gasteiger partial charge on any atom is 0.416 e. The lowest BCUT2D eigenvalue weighted by Crippen LogP contribution is -2.21. The number of hydrogen-bond donors (Lipinski definition) is 3. The van der Waals surface area contributed by atoms with Crippen LogP contribution in [0.4, 0.5) is 13.2 Å². The normalized spacial score (nSPS) is 29.1. The Morgan fingerprint density at radius 1 is 1.33 bits per heavy atom. The van der Waals surface area contributed by atoms with Gasteiger partial charge in [-0.05, 0) is 24.6 Å². The first-order valence-electron chi connectivity index (χ1n) is 7.71. The first-order chi connectivity index (χ1) is 11.2. The Morgan fingerprint density at radius 3 is 2.62 bits per heavy atom. The van der Waals surface area contributed by atoms with E-state index in [4.69, 9.17) is 4.74 Å². The van der Waals surface area contributed by atoms with E-state index in [1.807, 2.05) is 0 Å². The van der Waals surface area contributed by atoms with Gasteiger partial charge in [0.2, 0.25) is 0 Å². The molecule has 4 nitrogen and oxygen atoms in total. The molecule has 0 aliphatic heterocycles. The monoisotopic (exact) mass is 346 g/mol. The average molecular weight is 346 g/mol. The molecule has 3 N–H and O–H groups in total. The van der Waals surface area contributed by atoms with E-state index >= 15 is 0 Å². The number of benzene rings is 1. The third-order valence-electron chi connectivity index (χ3n) is 4.26. The van der Waals surface area contributed by atoms with Crippen molar-refractivity contribution < 1.29 is 33.2 Å². The molecule has 2 rings (SSSR count). The van der Waals surface area contributed by atoms with Crippen LogP contribution in [0.5, 0.6) is 5.75 Å². The summed E-state index contributed by atoms with van der Waals surface area (Å²) in [4.78, 5) is 0. The number of ether oxygens (including phenoxy) is 1. The van der Waals surface area contributed by atoms with Crippen molar-refractivity contribution in [3.05, 3.63) is 42.0 Å². The molecular weight excluding hydrogens is 325 g/mol. The number of aliphatic hydroxyl groups is 3. The molecule has 1 aliphatic rings. The molecule has 7 heteroatoms. The second kappa shape index (κ2) is 7.55. The van der Waals surface area contributed by atoms with Crippen LogP contribution in [-0.4, -0.2) is 40.2 Å². The molecule has 0 amide bonds. The quantitative estimate of drug-likeness (QED) is 0.716. The van der Waals surface area contributed by atoms with Crippen LogP contribution in [0.3, 0.4) is 0 Å². The molecule has 1 aromatic carbocycles. The summed E-state index contributed by atoms with van der Waals surface area (Å²) in [6, 6.07) is 4.43. The molecule has 0 spiro atoms. The van der Waals surface area contributed by atoms with E-state index in [1.54, 1.807) is 13.0 Å². The van der Waals surface area contributed by atoms with Gasteiger partial charge in [0, 0.05) is 11.8 Å². The second-order valence-electron chi connectivity index (χ2n) is 6.11. The Balaban J connectivity index is 1.87. The lowest BCUT2D eigenvalue weighted by atomic mass is 10.0. The molecule has 1 unspecified atom stereocenters. The van der Waals surface area contributed by atoms with Crippen LogP contribution in [0.2, 0.25) is 0 Å². The van der Waals surface area contributed by atoms with Crippen molar-refractivity contribution in [1.29, 1.82) is 0 Å². The van der Waals surface area contributed by atoms with Gasteiger partial charge in [-0.3, -0.25) is 0 Å². The first-order valence-corrected chi connectivity index (χ1v) is 7.71. The zero-order valence-corrected chi connectivity index (χ0v) is 13.1. The third kappa shape index (κ3) is 4.72. The summed E-state index contributed by atoms with van der Waals surface area (Å²) in [6.45, 7) is 1.54. The van der Waals surface area contributed by atoms with E-state index in [9.17, 15) is 28.5 Å². The van der Waals surface area contributed by atoms with Gasteiger partial charge in [0.15, 0.2) is 0 Å². The highest BCUT2D eigenvalue weighted by Crippen LogP contribution is 2.33. The fourth-order valence-electron chi connectivity index (χ4n) is 2.71. The Bertz CT molecular complexity index is 573. The van der Waals surface area contributed by atoms with Gasteiger partial charge in [0.25, 0.3) is 0 Å². The summed E-state index contributed by atoms with van der Waals surface area (Å²) in [5, 5.41) is 29.4. The molecule has 134 valence electrons. The van der Waals surface area contributed by atoms with E-state index in [0.717, 1.165) is 12.1 Å². The standard InChI is InChI=1S/C17H21F3O4/c1-10-15(22)7-11(16(10)23)5-6-13(21)9-24-14-4-2-3-12(8-14)17(18,19)20/h2-6,8,10-11,13,15-16,21-23H,7,9H2,1H3/b6-5+/t10?,11-,13-,15-,16-/m1/s1. The van der Waals surface area contributed by atoms with Crippen LogP contribution in [0.1, 0.15) is 18.9 Å². The predicted molar refractivity (Wildman–Crippen MR) is 81.4 cm³/mol. The Labute approximate surface area is 138 Å². The minimum absolute atomic E-state index is 0.0159. The summed E-state index contributed by atoms with van der Waals surface area (Å²) in [5.74, 6) is -0.487. The van der Waals surface area contributed by atoms with Gasteiger partial charge >= 0.3 is 6.18 Å². The maximum atomic E-state index is 12.6. The van der Waals surface area contributed by atoms with Gasteiger partial charge in [0.1, 0.15) is 18.5 Å². The zero-order chi connectivity index (χ0) is 17.9. The van der Waals surface area contributed by atoms with Crippen molar-refractivity contribution in [1.82, 2.24) is 0 Å². The summed E-state index contributed by atoms with van der Waals surface area (Å²) in [5.41, 5.74) is -0.818. The average Bonchev–Trinajstić information content (AvgIpc) is 2.77. The van der Waals surface area contributed by atoms with Crippen LogP contribution in [0.25, 0.3) is 0 Å². The zero-order valence-electron chi connectivity index (χ0n) is 13.1. The highest BCUT2D eigenvalue weighted by atomic mass is 19.4. The topological polar surface area (TPSA) is 69.9 Å². The predicted octanol–water partition coefficient (Wildman–Crippen LogP) is 2.38. The molecule has 24 heavy (non-hydrogen) atoms. The Kier molecular flexibility index (Phi) is 5.90. The highest BCUT2D eigenvalue weighted by molar-refractivity contribution is 5.30. The van der Waals surface area contributed by atoms with Gasteiger partial charge in [-0.2, -0.15) is 13.2 Å². The van der Waals surface area contributed by atoms with Gasteiger partial charge in [-0.1, -0.05) is 25.1 Å². The molecule has 0 aromatic heterocycles. The maximum absolute atomic E-state index is 12.6. The van der Waals surface area contributed by atoms with E-state index in [-0.39, 0.29) is 24.2 Å². The molecule has 0 saturated heterocycles. The Morgan fingerprint density at radius 2 is 2.04 bits per heavy atom. The van der Waals surface area contributed by atoms with E-state index in [2.05, 4.69) is 0 Å². The third-order valence-corrected chi connectivity index (χ3v) is 4.26. The molecular formula is C17H21F3O4. The van der Waals surface area contributed by atoms with E-state index < -0.39 is 30.1 Å². The lowest BCUT2D eigenvalue weighted by Gasteiger charge is -2.14. The van der Waals surface area contributed by atoms with Crippen LogP contribution >= 0.6 is 0 Å². The number of halogens is 3. The van der Waals surface area contributed by atoms with Crippen molar-refractivity contribution >= 4 is 0 Å².